The summed E-state index contributed by atoms with van der Waals surface area (Å²) in [6, 6.07) is 6.22. The fourth-order valence-corrected chi connectivity index (χ4v) is 1.65. The molecule has 1 atom stereocenters. The molecule has 0 aliphatic carbocycles. The molecule has 1 heterocycles. The Labute approximate surface area is 119 Å². The standard InChI is InChI=1S/C13H13N5O3/c1-8(12-15-17-18-16-12)14-13(21)10-4-2-3-9(7-10)5-6-11(19)20/h2-8H,1H3,(H,14,21)(H,19,20)(H,15,16,17,18). The zero-order valence-electron chi connectivity index (χ0n) is 11.1. The largest absolute Gasteiger partial charge is 0.478 e. The summed E-state index contributed by atoms with van der Waals surface area (Å²) in [6.07, 6.45) is 2.43. The highest BCUT2D eigenvalue weighted by Gasteiger charge is 2.14. The monoisotopic (exact) mass is 287 g/mol. The highest BCUT2D eigenvalue weighted by atomic mass is 16.4. The van der Waals surface area contributed by atoms with Crippen molar-refractivity contribution in [3.63, 3.8) is 0 Å². The van der Waals surface area contributed by atoms with Crippen LogP contribution in [0.5, 0.6) is 0 Å². The van der Waals surface area contributed by atoms with Gasteiger partial charge in [-0.3, -0.25) is 4.79 Å². The SMILES string of the molecule is CC(NC(=O)c1cccc(C=CC(=O)O)c1)c1nn[nH]n1. The Morgan fingerprint density at radius 1 is 1.43 bits per heavy atom. The molecule has 0 radical (unpaired) electrons. The number of carboxylic acids is 1. The van der Waals surface area contributed by atoms with E-state index in [9.17, 15) is 9.59 Å². The van der Waals surface area contributed by atoms with E-state index < -0.39 is 12.0 Å². The van der Waals surface area contributed by atoms with Gasteiger partial charge in [0.25, 0.3) is 5.91 Å². The molecule has 8 nitrogen and oxygen atoms in total. The van der Waals surface area contributed by atoms with Crippen molar-refractivity contribution in [3.05, 3.63) is 47.3 Å². The van der Waals surface area contributed by atoms with Crippen LogP contribution in [0.15, 0.2) is 30.3 Å². The zero-order valence-corrected chi connectivity index (χ0v) is 11.1. The number of amides is 1. The molecule has 108 valence electrons. The van der Waals surface area contributed by atoms with Crippen molar-refractivity contribution in [2.45, 2.75) is 13.0 Å². The lowest BCUT2D eigenvalue weighted by atomic mass is 10.1. The molecule has 1 aromatic heterocycles. The third kappa shape index (κ3) is 3.96. The third-order valence-electron chi connectivity index (χ3n) is 2.66. The number of benzene rings is 1. The van der Waals surface area contributed by atoms with Gasteiger partial charge in [0.2, 0.25) is 0 Å². The maximum atomic E-state index is 12.1. The molecule has 3 N–H and O–H groups in total. The maximum Gasteiger partial charge on any atom is 0.328 e. The summed E-state index contributed by atoms with van der Waals surface area (Å²) in [7, 11) is 0. The summed E-state index contributed by atoms with van der Waals surface area (Å²) in [5.41, 5.74) is 1.04. The molecule has 1 unspecified atom stereocenters. The van der Waals surface area contributed by atoms with Gasteiger partial charge in [-0.25, -0.2) is 4.79 Å². The second kappa shape index (κ2) is 6.42. The Hall–Kier alpha value is -3.03. The molecule has 0 saturated carbocycles. The number of H-pyrrole nitrogens is 1. The van der Waals surface area contributed by atoms with E-state index in [4.69, 9.17) is 5.11 Å². The minimum Gasteiger partial charge on any atom is -0.478 e. The number of hydrogen-bond acceptors (Lipinski definition) is 5. The number of nitrogens with one attached hydrogen (secondary N) is 2. The number of rotatable bonds is 5. The minimum absolute atomic E-state index is 0.308. The number of nitrogens with zero attached hydrogens (tertiary/aromatic N) is 3. The first-order valence-corrected chi connectivity index (χ1v) is 6.11. The molecule has 0 saturated heterocycles. The lowest BCUT2D eigenvalue weighted by Crippen LogP contribution is -2.27. The van der Waals surface area contributed by atoms with E-state index in [0.717, 1.165) is 6.08 Å². The number of carbonyl (C=O) groups is 2. The molecule has 2 aromatic rings. The Balaban J connectivity index is 2.09. The lowest BCUT2D eigenvalue weighted by molar-refractivity contribution is -0.131. The molecular weight excluding hydrogens is 274 g/mol. The van der Waals surface area contributed by atoms with Gasteiger partial charge in [0.1, 0.15) is 0 Å². The third-order valence-corrected chi connectivity index (χ3v) is 2.66. The Kier molecular flexibility index (Phi) is 4.39. The second-order valence-electron chi connectivity index (χ2n) is 4.26. The highest BCUT2D eigenvalue weighted by molar-refractivity contribution is 5.95. The van der Waals surface area contributed by atoms with Crippen LogP contribution in [0.1, 0.15) is 34.7 Å². The van der Waals surface area contributed by atoms with E-state index in [2.05, 4.69) is 25.9 Å². The number of aromatic amines is 1. The minimum atomic E-state index is -1.05. The van der Waals surface area contributed by atoms with Gasteiger partial charge in [-0.2, -0.15) is 5.21 Å². The molecule has 2 rings (SSSR count). The normalized spacial score (nSPS) is 12.2. The summed E-state index contributed by atoms with van der Waals surface area (Å²) in [6.45, 7) is 1.73. The van der Waals surface area contributed by atoms with Crippen LogP contribution >= 0.6 is 0 Å². The number of carboxylic acid groups (broad SMARTS) is 1. The van der Waals surface area contributed by atoms with E-state index >= 15 is 0 Å². The van der Waals surface area contributed by atoms with Crippen LogP contribution in [0, 0.1) is 0 Å². The average molecular weight is 287 g/mol. The van der Waals surface area contributed by atoms with Crippen LogP contribution < -0.4 is 5.32 Å². The van der Waals surface area contributed by atoms with Crippen LogP contribution in [0.25, 0.3) is 6.08 Å². The van der Waals surface area contributed by atoms with Gasteiger partial charge in [0.05, 0.1) is 6.04 Å². The van der Waals surface area contributed by atoms with E-state index in [1.807, 2.05) is 0 Å². The van der Waals surface area contributed by atoms with Gasteiger partial charge in [0, 0.05) is 11.6 Å². The summed E-state index contributed by atoms with van der Waals surface area (Å²) in [5.74, 6) is -0.973. The highest BCUT2D eigenvalue weighted by Crippen LogP contribution is 2.10. The van der Waals surface area contributed by atoms with E-state index in [-0.39, 0.29) is 5.91 Å². The first-order valence-electron chi connectivity index (χ1n) is 6.11. The molecule has 1 aromatic carbocycles. The summed E-state index contributed by atoms with van der Waals surface area (Å²) in [5, 5.41) is 24.6. The van der Waals surface area contributed by atoms with Gasteiger partial charge in [-0.1, -0.05) is 17.3 Å². The van der Waals surface area contributed by atoms with Gasteiger partial charge in [0.15, 0.2) is 5.82 Å². The van der Waals surface area contributed by atoms with Crippen LogP contribution in [0.2, 0.25) is 0 Å². The van der Waals surface area contributed by atoms with Crippen molar-refractivity contribution in [1.82, 2.24) is 25.9 Å². The molecule has 0 aliphatic heterocycles. The fourth-order valence-electron chi connectivity index (χ4n) is 1.65. The molecule has 8 heteroatoms. The van der Waals surface area contributed by atoms with Crippen LogP contribution in [-0.4, -0.2) is 37.6 Å². The zero-order chi connectivity index (χ0) is 15.2. The second-order valence-corrected chi connectivity index (χ2v) is 4.26. The first kappa shape index (κ1) is 14.4. The van der Waals surface area contributed by atoms with Crippen molar-refractivity contribution < 1.29 is 14.7 Å². The Morgan fingerprint density at radius 3 is 2.90 bits per heavy atom. The van der Waals surface area contributed by atoms with E-state index in [1.54, 1.807) is 31.2 Å². The summed E-state index contributed by atoms with van der Waals surface area (Å²) >= 11 is 0. The van der Waals surface area contributed by atoms with Crippen molar-refractivity contribution >= 4 is 18.0 Å². The number of aliphatic carboxylic acids is 1. The molecule has 21 heavy (non-hydrogen) atoms. The van der Waals surface area contributed by atoms with Crippen molar-refractivity contribution in [3.8, 4) is 0 Å². The molecule has 0 aliphatic rings. The smallest absolute Gasteiger partial charge is 0.328 e. The van der Waals surface area contributed by atoms with Crippen molar-refractivity contribution in [2.75, 3.05) is 0 Å². The molecule has 1 amide bonds. The van der Waals surface area contributed by atoms with Crippen LogP contribution in [0.4, 0.5) is 0 Å². The molecule has 0 fully saturated rings. The number of tetrazole rings is 1. The molecule has 0 bridgehead atoms. The lowest BCUT2D eigenvalue weighted by Gasteiger charge is -2.10. The number of aromatic nitrogens is 4. The van der Waals surface area contributed by atoms with E-state index in [0.29, 0.717) is 17.0 Å². The Morgan fingerprint density at radius 2 is 2.24 bits per heavy atom. The summed E-state index contributed by atoms with van der Waals surface area (Å²) < 4.78 is 0. The van der Waals surface area contributed by atoms with Gasteiger partial charge in [-0.05, 0) is 30.7 Å². The molecule has 0 spiro atoms. The summed E-state index contributed by atoms with van der Waals surface area (Å²) in [4.78, 5) is 22.6. The maximum absolute atomic E-state index is 12.1. The van der Waals surface area contributed by atoms with Gasteiger partial charge in [-0.15, -0.1) is 10.2 Å². The van der Waals surface area contributed by atoms with Crippen LogP contribution in [0.3, 0.4) is 0 Å². The topological polar surface area (TPSA) is 121 Å². The predicted octanol–water partition coefficient (Wildman–Crippen LogP) is 0.788. The first-order chi connectivity index (χ1) is 10.1. The average Bonchev–Trinajstić information content (AvgIpc) is 2.99. The Bertz CT molecular complexity index is 666. The van der Waals surface area contributed by atoms with Gasteiger partial charge >= 0.3 is 5.97 Å². The van der Waals surface area contributed by atoms with Crippen LogP contribution in [-0.2, 0) is 4.79 Å². The fraction of sp³-hybridized carbons (Fsp3) is 0.154. The van der Waals surface area contributed by atoms with Crippen molar-refractivity contribution in [2.24, 2.45) is 0 Å². The quantitative estimate of drug-likeness (QED) is 0.699. The van der Waals surface area contributed by atoms with Gasteiger partial charge < -0.3 is 10.4 Å². The van der Waals surface area contributed by atoms with Crippen molar-refractivity contribution in [1.29, 1.82) is 0 Å². The number of carbonyl (C=O) groups excluding carboxylic acids is 1. The van der Waals surface area contributed by atoms with E-state index in [1.165, 1.54) is 6.08 Å². The number of hydrogen-bond donors (Lipinski definition) is 3. The molecular formula is C13H13N5O3. The predicted molar refractivity (Wildman–Crippen MR) is 73.2 cm³/mol.